The molecule has 190 valence electrons. The lowest BCUT2D eigenvalue weighted by Gasteiger charge is -2.36. The van der Waals surface area contributed by atoms with Crippen LogP contribution < -0.4 is 15.2 Å². The van der Waals surface area contributed by atoms with Crippen LogP contribution in [0.1, 0.15) is 15.9 Å². The molecule has 1 aliphatic rings. The van der Waals surface area contributed by atoms with Gasteiger partial charge in [0.2, 0.25) is 0 Å². The van der Waals surface area contributed by atoms with E-state index in [0.717, 1.165) is 12.1 Å². The maximum absolute atomic E-state index is 13.7. The average molecular weight is 508 g/mol. The summed E-state index contributed by atoms with van der Waals surface area (Å²) in [5.74, 6) is 0.412. The molecule has 0 aliphatic carbocycles. The maximum atomic E-state index is 13.7. The Hall–Kier alpha value is -4.27. The van der Waals surface area contributed by atoms with Crippen molar-refractivity contribution in [2.45, 2.75) is 6.18 Å². The molecule has 37 heavy (non-hydrogen) atoms. The van der Waals surface area contributed by atoms with Crippen molar-refractivity contribution < 1.29 is 22.7 Å². The van der Waals surface area contributed by atoms with Crippen LogP contribution in [-0.4, -0.2) is 48.7 Å². The van der Waals surface area contributed by atoms with E-state index >= 15 is 0 Å². The monoisotopic (exact) mass is 507 g/mol. The van der Waals surface area contributed by atoms with Crippen molar-refractivity contribution in [3.63, 3.8) is 0 Å². The van der Waals surface area contributed by atoms with Gasteiger partial charge in [0, 0.05) is 54.5 Å². The summed E-state index contributed by atoms with van der Waals surface area (Å²) in [5.41, 5.74) is 0.515. The molecule has 6 nitrogen and oxygen atoms in total. The lowest BCUT2D eigenvalue weighted by molar-refractivity contribution is -0.137. The number of hydrogen-bond donors (Lipinski definition) is 0. The van der Waals surface area contributed by atoms with Gasteiger partial charge in [-0.3, -0.25) is 14.2 Å². The molecule has 0 unspecified atom stereocenters. The fraction of sp³-hybridized carbons (Fsp3) is 0.214. The number of nitrogens with zero attached hydrogens (tertiary/aromatic N) is 3. The number of fused-ring (bicyclic) bond motifs is 1. The third kappa shape index (κ3) is 4.76. The Balaban J connectivity index is 1.43. The van der Waals surface area contributed by atoms with Gasteiger partial charge in [0.05, 0.1) is 18.2 Å². The molecule has 3 aromatic carbocycles. The van der Waals surface area contributed by atoms with Gasteiger partial charge in [-0.05, 0) is 48.5 Å². The van der Waals surface area contributed by atoms with E-state index in [1.54, 1.807) is 72.8 Å². The first-order valence-corrected chi connectivity index (χ1v) is 11.8. The molecule has 0 saturated carbocycles. The van der Waals surface area contributed by atoms with Gasteiger partial charge in [-0.15, -0.1) is 0 Å². The molecule has 0 atom stereocenters. The van der Waals surface area contributed by atoms with Gasteiger partial charge in [-0.2, -0.15) is 13.2 Å². The lowest BCUT2D eigenvalue weighted by Crippen LogP contribution is -2.49. The van der Waals surface area contributed by atoms with Gasteiger partial charge in [0.1, 0.15) is 5.75 Å². The fourth-order valence-corrected chi connectivity index (χ4v) is 4.61. The minimum Gasteiger partial charge on any atom is -0.497 e. The Morgan fingerprint density at radius 3 is 2.16 bits per heavy atom. The van der Waals surface area contributed by atoms with Crippen molar-refractivity contribution in [3.05, 3.63) is 100 Å². The number of carbonyl (C=O) groups excluding carboxylic acids is 1. The predicted octanol–water partition coefficient (Wildman–Crippen LogP) is 4.98. The molecule has 0 radical (unpaired) electrons. The van der Waals surface area contributed by atoms with Gasteiger partial charge < -0.3 is 14.5 Å². The van der Waals surface area contributed by atoms with Crippen LogP contribution >= 0.6 is 0 Å². The zero-order valence-electron chi connectivity index (χ0n) is 20.0. The number of halogens is 3. The zero-order valence-corrected chi connectivity index (χ0v) is 20.0. The SMILES string of the molecule is COc1ccc(-n2cc(C(=O)N3CCN(c4cccc(C(F)(F)F)c4)CC3)c3ccccc3c2=O)cc1. The number of amides is 1. The summed E-state index contributed by atoms with van der Waals surface area (Å²) >= 11 is 0. The summed E-state index contributed by atoms with van der Waals surface area (Å²) in [7, 11) is 1.56. The van der Waals surface area contributed by atoms with Crippen LogP contribution in [0.25, 0.3) is 16.5 Å². The topological polar surface area (TPSA) is 54.8 Å². The minimum absolute atomic E-state index is 0.234. The first kappa shape index (κ1) is 24.4. The molecule has 1 amide bonds. The highest BCUT2D eigenvalue weighted by Gasteiger charge is 2.31. The summed E-state index contributed by atoms with van der Waals surface area (Å²) in [6, 6.07) is 19.2. The van der Waals surface area contributed by atoms with Crippen molar-refractivity contribution in [2.75, 3.05) is 38.2 Å². The summed E-state index contributed by atoms with van der Waals surface area (Å²) < 4.78 is 46.1. The van der Waals surface area contributed by atoms with E-state index in [-0.39, 0.29) is 11.5 Å². The third-order valence-corrected chi connectivity index (χ3v) is 6.61. The Kier molecular flexibility index (Phi) is 6.37. The van der Waals surface area contributed by atoms with E-state index in [1.165, 1.54) is 10.6 Å². The van der Waals surface area contributed by atoms with E-state index in [9.17, 15) is 22.8 Å². The van der Waals surface area contributed by atoms with E-state index in [0.29, 0.717) is 59.6 Å². The zero-order chi connectivity index (χ0) is 26.2. The van der Waals surface area contributed by atoms with E-state index in [4.69, 9.17) is 4.74 Å². The second-order valence-electron chi connectivity index (χ2n) is 8.79. The van der Waals surface area contributed by atoms with Crippen molar-refractivity contribution in [1.29, 1.82) is 0 Å². The molecular formula is C28H24F3N3O3. The molecule has 0 N–H and O–H groups in total. The van der Waals surface area contributed by atoms with Gasteiger partial charge in [0.25, 0.3) is 11.5 Å². The Labute approximate surface area is 211 Å². The quantitative estimate of drug-likeness (QED) is 0.391. The molecule has 1 aliphatic heterocycles. The predicted molar refractivity (Wildman–Crippen MR) is 136 cm³/mol. The van der Waals surface area contributed by atoms with Crippen LogP contribution in [0.15, 0.2) is 83.8 Å². The molecule has 5 rings (SSSR count). The highest BCUT2D eigenvalue weighted by atomic mass is 19.4. The van der Waals surface area contributed by atoms with Gasteiger partial charge in [0.15, 0.2) is 0 Å². The molecule has 1 aromatic heterocycles. The van der Waals surface area contributed by atoms with Crippen LogP contribution in [0.5, 0.6) is 5.75 Å². The van der Waals surface area contributed by atoms with Crippen molar-refractivity contribution in [2.24, 2.45) is 0 Å². The van der Waals surface area contributed by atoms with Crippen molar-refractivity contribution in [3.8, 4) is 11.4 Å². The summed E-state index contributed by atoms with van der Waals surface area (Å²) in [6.07, 6.45) is -2.85. The Bertz CT molecular complexity index is 1510. The molecule has 1 fully saturated rings. The number of piperazine rings is 1. The number of alkyl halides is 3. The minimum atomic E-state index is -4.41. The van der Waals surface area contributed by atoms with Crippen LogP contribution in [-0.2, 0) is 6.18 Å². The second kappa shape index (κ2) is 9.65. The van der Waals surface area contributed by atoms with Gasteiger partial charge in [-0.25, -0.2) is 0 Å². The number of pyridine rings is 1. The fourth-order valence-electron chi connectivity index (χ4n) is 4.61. The normalized spacial score (nSPS) is 14.2. The number of methoxy groups -OCH3 is 1. The highest BCUT2D eigenvalue weighted by Crippen LogP contribution is 2.32. The average Bonchev–Trinajstić information content (AvgIpc) is 2.93. The largest absolute Gasteiger partial charge is 0.497 e. The number of rotatable bonds is 4. The highest BCUT2D eigenvalue weighted by molar-refractivity contribution is 6.06. The van der Waals surface area contributed by atoms with Gasteiger partial charge in [-0.1, -0.05) is 24.3 Å². The molecule has 0 bridgehead atoms. The Morgan fingerprint density at radius 2 is 1.51 bits per heavy atom. The van der Waals surface area contributed by atoms with Crippen molar-refractivity contribution >= 4 is 22.4 Å². The number of benzene rings is 3. The van der Waals surface area contributed by atoms with Gasteiger partial charge >= 0.3 is 6.18 Å². The smallest absolute Gasteiger partial charge is 0.416 e. The second-order valence-corrected chi connectivity index (χ2v) is 8.79. The van der Waals surface area contributed by atoms with Crippen molar-refractivity contribution in [1.82, 2.24) is 9.47 Å². The number of ether oxygens (including phenoxy) is 1. The lowest BCUT2D eigenvalue weighted by atomic mass is 10.1. The molecule has 1 saturated heterocycles. The first-order chi connectivity index (χ1) is 17.8. The number of aromatic nitrogens is 1. The first-order valence-electron chi connectivity index (χ1n) is 11.8. The maximum Gasteiger partial charge on any atom is 0.416 e. The standard InChI is InChI=1S/C28H24F3N3O3/c1-37-22-11-9-20(10-12-22)34-18-25(23-7-2-3-8-24(23)27(34)36)26(35)33-15-13-32(14-16-33)21-6-4-5-19(17-21)28(29,30)31/h2-12,17-18H,13-16H2,1H3. The molecular weight excluding hydrogens is 483 g/mol. The number of carbonyl (C=O) groups is 1. The molecule has 9 heteroatoms. The molecule has 0 spiro atoms. The van der Waals surface area contributed by atoms with E-state index in [1.807, 2.05) is 4.90 Å². The van der Waals surface area contributed by atoms with Crippen LogP contribution in [0, 0.1) is 0 Å². The summed E-state index contributed by atoms with van der Waals surface area (Å²) in [6.45, 7) is 1.46. The Morgan fingerprint density at radius 1 is 0.838 bits per heavy atom. The number of hydrogen-bond acceptors (Lipinski definition) is 4. The van der Waals surface area contributed by atoms with E-state index in [2.05, 4.69) is 0 Å². The van der Waals surface area contributed by atoms with E-state index < -0.39 is 11.7 Å². The van der Waals surface area contributed by atoms with Crippen LogP contribution in [0.3, 0.4) is 0 Å². The third-order valence-electron chi connectivity index (χ3n) is 6.61. The summed E-state index contributed by atoms with van der Waals surface area (Å²) in [4.78, 5) is 30.4. The molecule has 4 aromatic rings. The van der Waals surface area contributed by atoms with Crippen LogP contribution in [0.4, 0.5) is 18.9 Å². The summed E-state index contributed by atoms with van der Waals surface area (Å²) in [5, 5.41) is 0.981. The molecule has 2 heterocycles. The number of anilines is 1. The van der Waals surface area contributed by atoms with Crippen LogP contribution in [0.2, 0.25) is 0 Å².